The number of hydrogen-bond acceptors (Lipinski definition) is 1. The standard InChI is InChI=1S/C14H15BrN2/c1-9-5-13(6-10(2)14(9)15)17-8-12(7-16-17)11-3-4-11/h5-8,11H,3-4H2,1-2H3. The Morgan fingerprint density at radius 1 is 1.24 bits per heavy atom. The van der Waals surface area contributed by atoms with Gasteiger partial charge in [-0.2, -0.15) is 5.10 Å². The van der Waals surface area contributed by atoms with Crippen LogP contribution in [0.1, 0.15) is 35.4 Å². The fourth-order valence-corrected chi connectivity index (χ4v) is 2.39. The summed E-state index contributed by atoms with van der Waals surface area (Å²) in [6, 6.07) is 4.33. The molecule has 17 heavy (non-hydrogen) atoms. The van der Waals surface area contributed by atoms with Gasteiger partial charge in [0, 0.05) is 10.7 Å². The van der Waals surface area contributed by atoms with Gasteiger partial charge in [-0.25, -0.2) is 4.68 Å². The molecule has 0 N–H and O–H groups in total. The van der Waals surface area contributed by atoms with Crippen LogP contribution >= 0.6 is 15.9 Å². The van der Waals surface area contributed by atoms with Crippen LogP contribution in [0.15, 0.2) is 29.0 Å². The summed E-state index contributed by atoms with van der Waals surface area (Å²) >= 11 is 3.59. The quantitative estimate of drug-likeness (QED) is 0.813. The summed E-state index contributed by atoms with van der Waals surface area (Å²) in [5.41, 5.74) is 5.03. The third-order valence-corrected chi connectivity index (χ3v) is 4.59. The highest BCUT2D eigenvalue weighted by Crippen LogP contribution is 2.40. The summed E-state index contributed by atoms with van der Waals surface area (Å²) in [4.78, 5) is 0. The molecule has 0 amide bonds. The molecule has 1 fully saturated rings. The largest absolute Gasteiger partial charge is 0.241 e. The van der Waals surface area contributed by atoms with Crippen molar-refractivity contribution in [3.8, 4) is 5.69 Å². The highest BCUT2D eigenvalue weighted by molar-refractivity contribution is 9.10. The van der Waals surface area contributed by atoms with Crippen LogP contribution in [-0.4, -0.2) is 9.78 Å². The lowest BCUT2D eigenvalue weighted by atomic mass is 10.1. The van der Waals surface area contributed by atoms with E-state index >= 15 is 0 Å². The van der Waals surface area contributed by atoms with Crippen LogP contribution < -0.4 is 0 Å². The Kier molecular flexibility index (Phi) is 2.58. The summed E-state index contributed by atoms with van der Waals surface area (Å²) in [5.74, 6) is 0.765. The average molecular weight is 291 g/mol. The molecule has 2 aromatic rings. The predicted molar refractivity (Wildman–Crippen MR) is 72.7 cm³/mol. The first-order chi connectivity index (χ1) is 8.15. The zero-order chi connectivity index (χ0) is 12.0. The van der Waals surface area contributed by atoms with E-state index < -0.39 is 0 Å². The molecule has 0 atom stereocenters. The van der Waals surface area contributed by atoms with Gasteiger partial charge in [-0.05, 0) is 61.4 Å². The maximum atomic E-state index is 4.46. The molecule has 0 aliphatic heterocycles. The number of halogens is 1. The molecule has 1 aromatic carbocycles. The fourth-order valence-electron chi connectivity index (χ4n) is 2.16. The van der Waals surface area contributed by atoms with Crippen LogP contribution in [0.2, 0.25) is 0 Å². The number of hydrogen-bond donors (Lipinski definition) is 0. The Morgan fingerprint density at radius 3 is 2.47 bits per heavy atom. The third-order valence-electron chi connectivity index (χ3n) is 3.34. The Hall–Kier alpha value is -1.09. The van der Waals surface area contributed by atoms with E-state index in [4.69, 9.17) is 0 Å². The maximum Gasteiger partial charge on any atom is 0.0651 e. The van der Waals surface area contributed by atoms with Crippen LogP contribution in [0.5, 0.6) is 0 Å². The normalized spacial score (nSPS) is 15.2. The van der Waals surface area contributed by atoms with E-state index in [2.05, 4.69) is 53.2 Å². The molecular formula is C14H15BrN2. The molecule has 1 aliphatic rings. The minimum Gasteiger partial charge on any atom is -0.241 e. The molecule has 0 radical (unpaired) electrons. The topological polar surface area (TPSA) is 17.8 Å². The van der Waals surface area contributed by atoms with Gasteiger partial charge in [-0.3, -0.25) is 0 Å². The molecule has 88 valence electrons. The first-order valence-electron chi connectivity index (χ1n) is 5.97. The molecule has 2 nitrogen and oxygen atoms in total. The molecule has 0 unspecified atom stereocenters. The SMILES string of the molecule is Cc1cc(-n2cc(C3CC3)cn2)cc(C)c1Br. The Labute approximate surface area is 110 Å². The smallest absolute Gasteiger partial charge is 0.0651 e. The molecule has 0 saturated heterocycles. The average Bonchev–Trinajstić information content (AvgIpc) is 3.04. The number of rotatable bonds is 2. The van der Waals surface area contributed by atoms with E-state index in [9.17, 15) is 0 Å². The van der Waals surface area contributed by atoms with E-state index in [1.165, 1.54) is 34.0 Å². The lowest BCUT2D eigenvalue weighted by Gasteiger charge is -2.07. The van der Waals surface area contributed by atoms with Crippen molar-refractivity contribution >= 4 is 15.9 Å². The Bertz CT molecular complexity index is 544. The van der Waals surface area contributed by atoms with Crippen molar-refractivity contribution in [2.75, 3.05) is 0 Å². The first-order valence-corrected chi connectivity index (χ1v) is 6.76. The van der Waals surface area contributed by atoms with E-state index in [0.29, 0.717) is 0 Å². The van der Waals surface area contributed by atoms with Gasteiger partial charge in [0.15, 0.2) is 0 Å². The van der Waals surface area contributed by atoms with Gasteiger partial charge in [0.25, 0.3) is 0 Å². The Balaban J connectivity index is 2.01. The molecule has 1 aliphatic carbocycles. The first kappa shape index (κ1) is 11.0. The molecule has 0 bridgehead atoms. The minimum absolute atomic E-state index is 0.765. The monoisotopic (exact) mass is 290 g/mol. The molecule has 1 heterocycles. The summed E-state index contributed by atoms with van der Waals surface area (Å²) in [6.07, 6.45) is 6.82. The van der Waals surface area contributed by atoms with Gasteiger partial charge >= 0.3 is 0 Å². The van der Waals surface area contributed by atoms with E-state index in [1.54, 1.807) is 0 Å². The van der Waals surface area contributed by atoms with E-state index in [0.717, 1.165) is 11.6 Å². The van der Waals surface area contributed by atoms with Crippen LogP contribution in [0.3, 0.4) is 0 Å². The number of aromatic nitrogens is 2. The fraction of sp³-hybridized carbons (Fsp3) is 0.357. The molecule has 0 spiro atoms. The van der Waals surface area contributed by atoms with Crippen LogP contribution in [0.25, 0.3) is 5.69 Å². The second-order valence-electron chi connectivity index (χ2n) is 4.89. The third kappa shape index (κ3) is 2.04. The number of benzene rings is 1. The summed E-state index contributed by atoms with van der Waals surface area (Å²) in [5, 5.41) is 4.46. The summed E-state index contributed by atoms with van der Waals surface area (Å²) in [7, 11) is 0. The maximum absolute atomic E-state index is 4.46. The number of nitrogens with zero attached hydrogens (tertiary/aromatic N) is 2. The second-order valence-corrected chi connectivity index (χ2v) is 5.68. The molecule has 3 rings (SSSR count). The van der Waals surface area contributed by atoms with Crippen LogP contribution in [-0.2, 0) is 0 Å². The van der Waals surface area contributed by atoms with Gasteiger partial charge in [0.05, 0.1) is 11.9 Å². The van der Waals surface area contributed by atoms with Crippen molar-refractivity contribution < 1.29 is 0 Å². The second kappa shape index (κ2) is 3.98. The zero-order valence-electron chi connectivity index (χ0n) is 10.1. The van der Waals surface area contributed by atoms with Crippen molar-refractivity contribution in [2.45, 2.75) is 32.6 Å². The highest BCUT2D eigenvalue weighted by atomic mass is 79.9. The lowest BCUT2D eigenvalue weighted by Crippen LogP contribution is -1.96. The summed E-state index contributed by atoms with van der Waals surface area (Å²) < 4.78 is 3.18. The molecule has 3 heteroatoms. The van der Waals surface area contributed by atoms with Crippen molar-refractivity contribution in [3.05, 3.63) is 45.7 Å². The van der Waals surface area contributed by atoms with Gasteiger partial charge in [0.2, 0.25) is 0 Å². The van der Waals surface area contributed by atoms with Gasteiger partial charge in [0.1, 0.15) is 0 Å². The van der Waals surface area contributed by atoms with Gasteiger partial charge in [-0.1, -0.05) is 15.9 Å². The van der Waals surface area contributed by atoms with Crippen molar-refractivity contribution in [1.29, 1.82) is 0 Å². The number of aryl methyl sites for hydroxylation is 2. The van der Waals surface area contributed by atoms with Crippen LogP contribution in [0, 0.1) is 13.8 Å². The Morgan fingerprint density at radius 2 is 1.88 bits per heavy atom. The van der Waals surface area contributed by atoms with Crippen molar-refractivity contribution in [2.24, 2.45) is 0 Å². The van der Waals surface area contributed by atoms with Gasteiger partial charge < -0.3 is 0 Å². The molecular weight excluding hydrogens is 276 g/mol. The van der Waals surface area contributed by atoms with Crippen LogP contribution in [0.4, 0.5) is 0 Å². The lowest BCUT2D eigenvalue weighted by molar-refractivity contribution is 0.876. The van der Waals surface area contributed by atoms with Crippen molar-refractivity contribution in [1.82, 2.24) is 9.78 Å². The highest BCUT2D eigenvalue weighted by Gasteiger charge is 2.24. The van der Waals surface area contributed by atoms with Crippen molar-refractivity contribution in [3.63, 3.8) is 0 Å². The van der Waals surface area contributed by atoms with E-state index in [1.807, 2.05) is 10.9 Å². The zero-order valence-corrected chi connectivity index (χ0v) is 11.7. The summed E-state index contributed by atoms with van der Waals surface area (Å²) in [6.45, 7) is 4.23. The van der Waals surface area contributed by atoms with Gasteiger partial charge in [-0.15, -0.1) is 0 Å². The minimum atomic E-state index is 0.765. The predicted octanol–water partition coefficient (Wildman–Crippen LogP) is 4.13. The molecule has 1 saturated carbocycles. The van der Waals surface area contributed by atoms with E-state index in [-0.39, 0.29) is 0 Å². The molecule has 1 aromatic heterocycles.